The molecule has 0 unspecified atom stereocenters. The van der Waals surface area contributed by atoms with E-state index in [1.165, 1.54) is 21.7 Å². The second-order valence-corrected chi connectivity index (χ2v) is 7.35. The molecule has 1 saturated heterocycles. The van der Waals surface area contributed by atoms with Crippen LogP contribution in [0.2, 0.25) is 0 Å². The summed E-state index contributed by atoms with van der Waals surface area (Å²) in [4.78, 5) is 3.82. The van der Waals surface area contributed by atoms with E-state index in [0.29, 0.717) is 6.61 Å². The Morgan fingerprint density at radius 3 is 2.30 bits per heavy atom. The molecule has 0 amide bonds. The molecule has 0 spiro atoms. The van der Waals surface area contributed by atoms with Crippen LogP contribution in [0.4, 0.5) is 5.69 Å². The molecular formula is C22H31N2O3+. The number of aliphatic hydroxyl groups is 1. The van der Waals surface area contributed by atoms with Gasteiger partial charge in [0.25, 0.3) is 0 Å². The van der Waals surface area contributed by atoms with Crippen LogP contribution in [0.25, 0.3) is 0 Å². The number of aryl methyl sites for hydroxylation is 2. The van der Waals surface area contributed by atoms with Crippen LogP contribution in [0.3, 0.4) is 0 Å². The van der Waals surface area contributed by atoms with Crippen molar-refractivity contribution >= 4 is 5.69 Å². The zero-order valence-corrected chi connectivity index (χ0v) is 16.6. The zero-order chi connectivity index (χ0) is 19.2. The molecule has 0 bridgehead atoms. The number of anilines is 1. The molecule has 0 aromatic heterocycles. The van der Waals surface area contributed by atoms with E-state index in [0.717, 1.165) is 44.2 Å². The van der Waals surface area contributed by atoms with Crippen LogP contribution in [0.15, 0.2) is 42.5 Å². The predicted molar refractivity (Wildman–Crippen MR) is 108 cm³/mol. The van der Waals surface area contributed by atoms with E-state index in [2.05, 4.69) is 36.9 Å². The van der Waals surface area contributed by atoms with Crippen molar-refractivity contribution in [1.29, 1.82) is 0 Å². The van der Waals surface area contributed by atoms with Crippen molar-refractivity contribution in [3.63, 3.8) is 0 Å². The number of aliphatic hydroxyl groups excluding tert-OH is 1. The molecule has 27 heavy (non-hydrogen) atoms. The molecule has 2 aromatic rings. The normalized spacial score (nSPS) is 16.2. The summed E-state index contributed by atoms with van der Waals surface area (Å²) < 4.78 is 11.0. The maximum atomic E-state index is 10.4. The highest BCUT2D eigenvalue weighted by molar-refractivity contribution is 5.49. The fourth-order valence-corrected chi connectivity index (χ4v) is 3.47. The fraction of sp³-hybridized carbons (Fsp3) is 0.455. The molecule has 0 saturated carbocycles. The monoisotopic (exact) mass is 371 g/mol. The fourth-order valence-electron chi connectivity index (χ4n) is 3.47. The van der Waals surface area contributed by atoms with Gasteiger partial charge in [0.2, 0.25) is 0 Å². The summed E-state index contributed by atoms with van der Waals surface area (Å²) >= 11 is 0. The van der Waals surface area contributed by atoms with Crippen molar-refractivity contribution in [2.24, 2.45) is 0 Å². The van der Waals surface area contributed by atoms with Crippen molar-refractivity contribution in [1.82, 2.24) is 0 Å². The van der Waals surface area contributed by atoms with E-state index < -0.39 is 6.10 Å². The summed E-state index contributed by atoms with van der Waals surface area (Å²) in [6, 6.07) is 14.3. The van der Waals surface area contributed by atoms with Gasteiger partial charge < -0.3 is 24.4 Å². The number of rotatable bonds is 7. The Morgan fingerprint density at radius 2 is 1.67 bits per heavy atom. The van der Waals surface area contributed by atoms with Crippen molar-refractivity contribution in [3.05, 3.63) is 53.6 Å². The molecule has 0 aliphatic carbocycles. The van der Waals surface area contributed by atoms with Crippen LogP contribution >= 0.6 is 0 Å². The second-order valence-electron chi connectivity index (χ2n) is 7.35. The zero-order valence-electron chi connectivity index (χ0n) is 16.6. The highest BCUT2D eigenvalue weighted by atomic mass is 16.5. The van der Waals surface area contributed by atoms with E-state index in [-0.39, 0.29) is 0 Å². The molecule has 1 atom stereocenters. The highest BCUT2D eigenvalue weighted by Crippen LogP contribution is 2.19. The molecule has 0 radical (unpaired) electrons. The van der Waals surface area contributed by atoms with Crippen LogP contribution in [0.5, 0.6) is 11.5 Å². The van der Waals surface area contributed by atoms with Crippen molar-refractivity contribution in [2.45, 2.75) is 20.0 Å². The molecule has 5 heteroatoms. The number of ether oxygens (including phenoxy) is 2. The second kappa shape index (κ2) is 9.11. The maximum Gasteiger partial charge on any atom is 0.137 e. The quantitative estimate of drug-likeness (QED) is 0.774. The largest absolute Gasteiger partial charge is 0.497 e. The number of methoxy groups -OCH3 is 1. The Hall–Kier alpha value is -2.24. The molecule has 3 rings (SSSR count). The molecule has 1 aliphatic heterocycles. The summed E-state index contributed by atoms with van der Waals surface area (Å²) in [5.41, 5.74) is 3.69. The molecule has 2 N–H and O–H groups in total. The first-order chi connectivity index (χ1) is 13.0. The van der Waals surface area contributed by atoms with Crippen LogP contribution in [-0.2, 0) is 0 Å². The summed E-state index contributed by atoms with van der Waals surface area (Å²) in [7, 11) is 1.69. The molecule has 1 fully saturated rings. The van der Waals surface area contributed by atoms with E-state index in [9.17, 15) is 5.11 Å². The maximum absolute atomic E-state index is 10.4. The van der Waals surface area contributed by atoms with Crippen molar-refractivity contribution in [2.75, 3.05) is 51.3 Å². The van der Waals surface area contributed by atoms with Crippen LogP contribution < -0.4 is 19.3 Å². The molecule has 146 valence electrons. The van der Waals surface area contributed by atoms with Gasteiger partial charge in [-0.15, -0.1) is 0 Å². The Kier molecular flexibility index (Phi) is 6.58. The van der Waals surface area contributed by atoms with E-state index in [4.69, 9.17) is 9.47 Å². The molecule has 1 heterocycles. The highest BCUT2D eigenvalue weighted by Gasteiger charge is 2.23. The summed E-state index contributed by atoms with van der Waals surface area (Å²) in [6.07, 6.45) is -0.450. The Balaban J connectivity index is 1.42. The van der Waals surface area contributed by atoms with E-state index in [1.807, 2.05) is 24.3 Å². The summed E-state index contributed by atoms with van der Waals surface area (Å²) in [5.74, 6) is 1.71. The average molecular weight is 372 g/mol. The molecule has 1 aliphatic rings. The van der Waals surface area contributed by atoms with Gasteiger partial charge in [-0.1, -0.05) is 6.07 Å². The SMILES string of the molecule is COc1ccc(N2CC[NH+](C[C@H](O)COc3ccc(C)c(C)c3)CC2)cc1. The van der Waals surface area contributed by atoms with Gasteiger partial charge in [-0.3, -0.25) is 0 Å². The van der Waals surface area contributed by atoms with Gasteiger partial charge in [0.05, 0.1) is 33.3 Å². The van der Waals surface area contributed by atoms with Gasteiger partial charge in [-0.05, 0) is 61.4 Å². The number of nitrogens with one attached hydrogen (secondary N) is 1. The number of quaternary nitrogens is 1. The van der Waals surface area contributed by atoms with Crippen LogP contribution in [0, 0.1) is 13.8 Å². The third-order valence-corrected chi connectivity index (χ3v) is 5.35. The lowest BCUT2D eigenvalue weighted by molar-refractivity contribution is -0.903. The average Bonchev–Trinajstić information content (AvgIpc) is 2.69. The number of benzene rings is 2. The minimum atomic E-state index is -0.450. The third-order valence-electron chi connectivity index (χ3n) is 5.35. The lowest BCUT2D eigenvalue weighted by Gasteiger charge is -2.34. The number of nitrogens with zero attached hydrogens (tertiary/aromatic N) is 1. The van der Waals surface area contributed by atoms with Gasteiger partial charge in [-0.2, -0.15) is 0 Å². The first kappa shape index (κ1) is 19.5. The molecule has 5 nitrogen and oxygen atoms in total. The van der Waals surface area contributed by atoms with Gasteiger partial charge in [0, 0.05) is 5.69 Å². The number of hydrogen-bond acceptors (Lipinski definition) is 4. The van der Waals surface area contributed by atoms with Crippen LogP contribution in [0.1, 0.15) is 11.1 Å². The first-order valence-electron chi connectivity index (χ1n) is 9.66. The first-order valence-corrected chi connectivity index (χ1v) is 9.66. The van der Waals surface area contributed by atoms with Crippen molar-refractivity contribution in [3.8, 4) is 11.5 Å². The van der Waals surface area contributed by atoms with Gasteiger partial charge in [0.15, 0.2) is 0 Å². The topological polar surface area (TPSA) is 46.4 Å². The van der Waals surface area contributed by atoms with E-state index >= 15 is 0 Å². The molecular weight excluding hydrogens is 340 g/mol. The lowest BCUT2D eigenvalue weighted by Crippen LogP contribution is -3.16. The van der Waals surface area contributed by atoms with Crippen LogP contribution in [-0.4, -0.2) is 57.7 Å². The smallest absolute Gasteiger partial charge is 0.137 e. The summed E-state index contributed by atoms with van der Waals surface area (Å²) in [6.45, 7) is 9.25. The van der Waals surface area contributed by atoms with E-state index in [1.54, 1.807) is 7.11 Å². The van der Waals surface area contributed by atoms with Gasteiger partial charge >= 0.3 is 0 Å². The lowest BCUT2D eigenvalue weighted by atomic mass is 10.1. The summed E-state index contributed by atoms with van der Waals surface area (Å²) in [5, 5.41) is 10.4. The Bertz CT molecular complexity index is 725. The minimum absolute atomic E-state index is 0.341. The minimum Gasteiger partial charge on any atom is -0.497 e. The van der Waals surface area contributed by atoms with Gasteiger partial charge in [-0.25, -0.2) is 0 Å². The Morgan fingerprint density at radius 1 is 1.00 bits per heavy atom. The van der Waals surface area contributed by atoms with Crippen molar-refractivity contribution < 1.29 is 19.5 Å². The number of piperazine rings is 1. The van der Waals surface area contributed by atoms with Gasteiger partial charge in [0.1, 0.15) is 30.8 Å². The standard InChI is InChI=1S/C22H30N2O3/c1-17-4-7-22(14-18(17)2)27-16-20(25)15-23-10-12-24(13-11-23)19-5-8-21(26-3)9-6-19/h4-9,14,20,25H,10-13,15-16H2,1-3H3/p+1/t20-/m0/s1. The molecule has 2 aromatic carbocycles. The third kappa shape index (κ3) is 5.37. The number of hydrogen-bond donors (Lipinski definition) is 2. The predicted octanol–water partition coefficient (Wildman–Crippen LogP) is 1.46. The Labute approximate surface area is 162 Å².